The Bertz CT molecular complexity index is 655. The molecule has 3 nitrogen and oxygen atoms in total. The molecular formula is C18H19NO2S. The van der Waals surface area contributed by atoms with Crippen LogP contribution >= 0.6 is 11.8 Å². The van der Waals surface area contributed by atoms with Crippen molar-refractivity contribution in [3.05, 3.63) is 65.7 Å². The standard InChI is InChI=1S/C18H19NO2S/c1-13-7-6-10-16(11-13)19-17(20)12-22-14(2)18(21)15-8-4-3-5-9-15/h3-11,14H,12H2,1-2H3,(H,19,20). The van der Waals surface area contributed by atoms with E-state index in [4.69, 9.17) is 0 Å². The molecule has 0 spiro atoms. The molecule has 2 rings (SSSR count). The first-order valence-electron chi connectivity index (χ1n) is 7.13. The van der Waals surface area contributed by atoms with Crippen molar-refractivity contribution < 1.29 is 9.59 Å². The summed E-state index contributed by atoms with van der Waals surface area (Å²) in [5, 5.41) is 2.60. The van der Waals surface area contributed by atoms with Gasteiger partial charge in [-0.05, 0) is 31.5 Å². The number of ketones is 1. The van der Waals surface area contributed by atoms with Gasteiger partial charge in [-0.25, -0.2) is 0 Å². The van der Waals surface area contributed by atoms with Gasteiger partial charge in [0.1, 0.15) is 0 Å². The number of hydrogen-bond donors (Lipinski definition) is 1. The monoisotopic (exact) mass is 313 g/mol. The molecule has 0 aliphatic rings. The molecule has 0 saturated carbocycles. The van der Waals surface area contributed by atoms with E-state index in [2.05, 4.69) is 5.32 Å². The van der Waals surface area contributed by atoms with Crippen molar-refractivity contribution in [3.63, 3.8) is 0 Å². The highest BCUT2D eigenvalue weighted by molar-refractivity contribution is 8.01. The van der Waals surface area contributed by atoms with Gasteiger partial charge in [-0.3, -0.25) is 9.59 Å². The van der Waals surface area contributed by atoms with Crippen molar-refractivity contribution in [2.45, 2.75) is 19.1 Å². The average molecular weight is 313 g/mol. The second-order valence-corrected chi connectivity index (χ2v) is 6.43. The maximum atomic E-state index is 12.2. The summed E-state index contributed by atoms with van der Waals surface area (Å²) in [4.78, 5) is 24.2. The molecule has 2 aromatic carbocycles. The minimum atomic E-state index is -0.245. The molecular weight excluding hydrogens is 294 g/mol. The molecule has 1 N–H and O–H groups in total. The Labute approximate surface area is 135 Å². The minimum absolute atomic E-state index is 0.0500. The van der Waals surface area contributed by atoms with Gasteiger partial charge < -0.3 is 5.32 Å². The van der Waals surface area contributed by atoms with Crippen LogP contribution in [-0.4, -0.2) is 22.7 Å². The Balaban J connectivity index is 1.84. The molecule has 0 aliphatic carbocycles. The van der Waals surface area contributed by atoms with Crippen LogP contribution in [0.25, 0.3) is 0 Å². The summed E-state index contributed by atoms with van der Waals surface area (Å²) >= 11 is 1.35. The van der Waals surface area contributed by atoms with Crippen molar-refractivity contribution in [1.29, 1.82) is 0 Å². The molecule has 4 heteroatoms. The Morgan fingerprint density at radius 2 is 1.82 bits per heavy atom. The number of anilines is 1. The molecule has 0 bridgehead atoms. The van der Waals surface area contributed by atoms with E-state index in [1.165, 1.54) is 11.8 Å². The molecule has 0 aliphatic heterocycles. The number of aryl methyl sites for hydroxylation is 1. The van der Waals surface area contributed by atoms with Crippen LogP contribution < -0.4 is 5.32 Å². The van der Waals surface area contributed by atoms with E-state index in [9.17, 15) is 9.59 Å². The summed E-state index contributed by atoms with van der Waals surface area (Å²) in [6.07, 6.45) is 0. The number of amides is 1. The number of benzene rings is 2. The number of hydrogen-bond acceptors (Lipinski definition) is 3. The van der Waals surface area contributed by atoms with Crippen molar-refractivity contribution in [2.24, 2.45) is 0 Å². The first-order valence-corrected chi connectivity index (χ1v) is 8.18. The SMILES string of the molecule is Cc1cccc(NC(=O)CSC(C)C(=O)c2ccccc2)c1. The van der Waals surface area contributed by atoms with E-state index in [-0.39, 0.29) is 22.7 Å². The predicted molar refractivity (Wildman–Crippen MR) is 92.5 cm³/mol. The van der Waals surface area contributed by atoms with E-state index in [0.717, 1.165) is 11.3 Å². The van der Waals surface area contributed by atoms with Crippen LogP contribution in [0.5, 0.6) is 0 Å². The van der Waals surface area contributed by atoms with Gasteiger partial charge in [0.15, 0.2) is 5.78 Å². The maximum absolute atomic E-state index is 12.2. The van der Waals surface area contributed by atoms with Crippen molar-refractivity contribution >= 4 is 29.1 Å². The van der Waals surface area contributed by atoms with Crippen LogP contribution in [0.4, 0.5) is 5.69 Å². The Morgan fingerprint density at radius 3 is 2.50 bits per heavy atom. The minimum Gasteiger partial charge on any atom is -0.325 e. The van der Waals surface area contributed by atoms with E-state index < -0.39 is 0 Å². The van der Waals surface area contributed by atoms with Gasteiger partial charge in [0.05, 0.1) is 11.0 Å². The largest absolute Gasteiger partial charge is 0.325 e. The van der Waals surface area contributed by atoms with Gasteiger partial charge in [0, 0.05) is 11.3 Å². The molecule has 1 atom stereocenters. The zero-order valence-corrected chi connectivity index (χ0v) is 13.5. The Hall–Kier alpha value is -2.07. The zero-order chi connectivity index (χ0) is 15.9. The Kier molecular flexibility index (Phi) is 5.78. The fraction of sp³-hybridized carbons (Fsp3) is 0.222. The van der Waals surface area contributed by atoms with Crippen LogP contribution in [-0.2, 0) is 4.79 Å². The summed E-state index contributed by atoms with van der Waals surface area (Å²) in [7, 11) is 0. The molecule has 0 radical (unpaired) electrons. The first-order chi connectivity index (χ1) is 10.6. The fourth-order valence-electron chi connectivity index (χ4n) is 2.03. The summed E-state index contributed by atoms with van der Waals surface area (Å²) in [6.45, 7) is 3.81. The maximum Gasteiger partial charge on any atom is 0.234 e. The third-order valence-corrected chi connectivity index (χ3v) is 4.34. The molecule has 1 amide bonds. The molecule has 2 aromatic rings. The Morgan fingerprint density at radius 1 is 1.09 bits per heavy atom. The number of carbonyl (C=O) groups excluding carboxylic acids is 2. The smallest absolute Gasteiger partial charge is 0.234 e. The summed E-state index contributed by atoms with van der Waals surface area (Å²) in [5.74, 6) is 0.213. The van der Waals surface area contributed by atoms with Gasteiger partial charge >= 0.3 is 0 Å². The summed E-state index contributed by atoms with van der Waals surface area (Å²) < 4.78 is 0. The topological polar surface area (TPSA) is 46.2 Å². The molecule has 22 heavy (non-hydrogen) atoms. The van der Waals surface area contributed by atoms with Gasteiger partial charge in [-0.2, -0.15) is 0 Å². The van der Waals surface area contributed by atoms with E-state index >= 15 is 0 Å². The summed E-state index contributed by atoms with van der Waals surface area (Å²) in [5.41, 5.74) is 2.56. The second-order valence-electron chi connectivity index (χ2n) is 5.10. The third kappa shape index (κ3) is 4.74. The number of Topliss-reactive ketones (excluding diaryl/α,β-unsaturated/α-hetero) is 1. The van der Waals surface area contributed by atoms with Crippen LogP contribution in [0.2, 0.25) is 0 Å². The normalized spacial score (nSPS) is 11.7. The van der Waals surface area contributed by atoms with Crippen molar-refractivity contribution in [3.8, 4) is 0 Å². The third-order valence-electron chi connectivity index (χ3n) is 3.19. The number of thioether (sulfide) groups is 1. The van der Waals surface area contributed by atoms with Gasteiger partial charge in [-0.1, -0.05) is 42.5 Å². The van der Waals surface area contributed by atoms with Crippen LogP contribution in [0, 0.1) is 6.92 Å². The molecule has 0 aromatic heterocycles. The van der Waals surface area contributed by atoms with Gasteiger partial charge in [0.2, 0.25) is 5.91 Å². The molecule has 0 fully saturated rings. The lowest BCUT2D eigenvalue weighted by Crippen LogP contribution is -2.19. The van der Waals surface area contributed by atoms with Crippen LogP contribution in [0.1, 0.15) is 22.8 Å². The number of rotatable bonds is 6. The lowest BCUT2D eigenvalue weighted by Gasteiger charge is -2.11. The average Bonchev–Trinajstić information content (AvgIpc) is 2.52. The lowest BCUT2D eigenvalue weighted by molar-refractivity contribution is -0.113. The summed E-state index contributed by atoms with van der Waals surface area (Å²) in [6, 6.07) is 16.8. The van der Waals surface area contributed by atoms with E-state index in [0.29, 0.717) is 5.56 Å². The number of nitrogens with one attached hydrogen (secondary N) is 1. The highest BCUT2D eigenvalue weighted by atomic mass is 32.2. The highest BCUT2D eigenvalue weighted by Crippen LogP contribution is 2.17. The van der Waals surface area contributed by atoms with Gasteiger partial charge in [0.25, 0.3) is 0 Å². The van der Waals surface area contributed by atoms with E-state index in [1.54, 1.807) is 12.1 Å². The van der Waals surface area contributed by atoms with Crippen molar-refractivity contribution in [1.82, 2.24) is 0 Å². The molecule has 0 heterocycles. The molecule has 1 unspecified atom stereocenters. The van der Waals surface area contributed by atoms with E-state index in [1.807, 2.05) is 56.3 Å². The fourth-order valence-corrected chi connectivity index (χ4v) is 2.79. The zero-order valence-electron chi connectivity index (χ0n) is 12.7. The predicted octanol–water partition coefficient (Wildman–Crippen LogP) is 3.94. The number of carbonyl (C=O) groups is 2. The van der Waals surface area contributed by atoms with Crippen LogP contribution in [0.3, 0.4) is 0 Å². The first kappa shape index (κ1) is 16.3. The van der Waals surface area contributed by atoms with Gasteiger partial charge in [-0.15, -0.1) is 11.8 Å². The second kappa shape index (κ2) is 7.80. The lowest BCUT2D eigenvalue weighted by atomic mass is 10.1. The highest BCUT2D eigenvalue weighted by Gasteiger charge is 2.16. The van der Waals surface area contributed by atoms with Crippen LogP contribution in [0.15, 0.2) is 54.6 Å². The molecule has 0 saturated heterocycles. The quantitative estimate of drug-likeness (QED) is 0.822. The molecule has 114 valence electrons. The van der Waals surface area contributed by atoms with Crippen molar-refractivity contribution in [2.75, 3.05) is 11.1 Å².